The molecule has 0 fully saturated rings. The zero-order valence-electron chi connectivity index (χ0n) is 16.7. The molecule has 3 aromatic rings. The third-order valence-corrected chi connectivity index (χ3v) is 5.89. The Morgan fingerprint density at radius 1 is 1.13 bits per heavy atom. The molecule has 3 N–H and O–H groups in total. The number of ether oxygens (including phenoxy) is 1. The molecule has 1 aliphatic rings. The first-order valence-electron chi connectivity index (χ1n) is 9.87. The van der Waals surface area contributed by atoms with Gasteiger partial charge >= 0.3 is 0 Å². The van der Waals surface area contributed by atoms with Gasteiger partial charge in [0.1, 0.15) is 12.0 Å². The number of hydrogen-bond donors (Lipinski definition) is 3. The van der Waals surface area contributed by atoms with Crippen molar-refractivity contribution in [2.75, 3.05) is 6.61 Å². The Labute approximate surface area is 193 Å². The van der Waals surface area contributed by atoms with Crippen LogP contribution in [0.15, 0.2) is 71.2 Å². The number of hydrogen-bond acceptors (Lipinski definition) is 4. The molecule has 7 heteroatoms. The number of halogens is 3. The number of benzene rings is 3. The molecule has 2 atom stereocenters. The first-order chi connectivity index (χ1) is 15.0. The van der Waals surface area contributed by atoms with Crippen LogP contribution in [0.1, 0.15) is 35.8 Å². The highest BCUT2D eigenvalue weighted by molar-refractivity contribution is 9.10. The molecule has 1 heterocycles. The minimum atomic E-state index is -0.618. The first kappa shape index (κ1) is 21.7. The molecule has 160 valence electrons. The van der Waals surface area contributed by atoms with Gasteiger partial charge in [-0.1, -0.05) is 57.9 Å². The summed E-state index contributed by atoms with van der Waals surface area (Å²) in [5, 5.41) is 17.8. The van der Waals surface area contributed by atoms with Gasteiger partial charge in [0.15, 0.2) is 11.5 Å². The molecule has 4 rings (SSSR count). The van der Waals surface area contributed by atoms with Gasteiger partial charge in [-0.25, -0.2) is 4.39 Å². The summed E-state index contributed by atoms with van der Waals surface area (Å²) < 4.78 is 21.2. The second kappa shape index (κ2) is 9.30. The van der Waals surface area contributed by atoms with E-state index >= 15 is 0 Å². The molecule has 0 saturated heterocycles. The van der Waals surface area contributed by atoms with Crippen molar-refractivity contribution in [3.8, 4) is 11.5 Å². The van der Waals surface area contributed by atoms with Gasteiger partial charge in [0, 0.05) is 21.3 Å². The number of rotatable bonds is 5. The van der Waals surface area contributed by atoms with Crippen molar-refractivity contribution >= 4 is 33.2 Å². The van der Waals surface area contributed by atoms with Gasteiger partial charge in [0.25, 0.3) is 0 Å². The smallest absolute Gasteiger partial charge is 0.162 e. The Morgan fingerprint density at radius 2 is 1.90 bits per heavy atom. The number of phenols is 1. The molecule has 1 aliphatic heterocycles. The van der Waals surface area contributed by atoms with Gasteiger partial charge in [0.2, 0.25) is 0 Å². The van der Waals surface area contributed by atoms with Crippen molar-refractivity contribution in [2.24, 2.45) is 0 Å². The van der Waals surface area contributed by atoms with Crippen molar-refractivity contribution in [3.05, 3.63) is 98.7 Å². The van der Waals surface area contributed by atoms with E-state index in [1.807, 2.05) is 49.4 Å². The van der Waals surface area contributed by atoms with E-state index in [0.717, 1.165) is 15.7 Å². The number of para-hydroxylation sites is 1. The van der Waals surface area contributed by atoms with Gasteiger partial charge in [-0.15, -0.1) is 0 Å². The van der Waals surface area contributed by atoms with Crippen molar-refractivity contribution in [1.29, 1.82) is 0 Å². The Morgan fingerprint density at radius 3 is 2.65 bits per heavy atom. The topological polar surface area (TPSA) is 53.5 Å². The Balaban J connectivity index is 1.82. The lowest BCUT2D eigenvalue weighted by molar-refractivity contribution is 0.314. The third kappa shape index (κ3) is 4.56. The maximum atomic E-state index is 14.7. The average Bonchev–Trinajstić information content (AvgIpc) is 2.75. The molecule has 0 bridgehead atoms. The van der Waals surface area contributed by atoms with Gasteiger partial charge in [0.05, 0.1) is 17.7 Å². The normalized spacial score (nSPS) is 18.3. The van der Waals surface area contributed by atoms with E-state index < -0.39 is 18.0 Å². The SMILES string of the molecule is CCOc1cccc(C2C=C(c3cccc(Br)c3)NC(c3c(F)cccc3Cl)N2)c1O. The lowest BCUT2D eigenvalue weighted by Gasteiger charge is -2.34. The van der Waals surface area contributed by atoms with Crippen molar-refractivity contribution in [3.63, 3.8) is 0 Å². The standard InChI is InChI=1S/C24H21BrClFN2O2/c1-2-31-21-11-4-8-16(23(21)30)20-13-19(14-6-3-7-15(25)12-14)28-24(29-20)22-17(26)9-5-10-18(22)27/h3-13,20,24,28-30H,2H2,1H3. The fraction of sp³-hybridized carbons (Fsp3) is 0.167. The first-order valence-corrected chi connectivity index (χ1v) is 11.0. The molecule has 4 nitrogen and oxygen atoms in total. The predicted molar refractivity (Wildman–Crippen MR) is 125 cm³/mol. The molecule has 0 spiro atoms. The van der Waals surface area contributed by atoms with Crippen LogP contribution in [0.5, 0.6) is 11.5 Å². The third-order valence-electron chi connectivity index (χ3n) is 5.07. The molecular weight excluding hydrogens is 483 g/mol. The summed E-state index contributed by atoms with van der Waals surface area (Å²) in [7, 11) is 0. The van der Waals surface area contributed by atoms with Gasteiger partial charge < -0.3 is 15.2 Å². The summed E-state index contributed by atoms with van der Waals surface area (Å²) in [6, 6.07) is 17.3. The quantitative estimate of drug-likeness (QED) is 0.381. The minimum absolute atomic E-state index is 0.0481. The Kier molecular flexibility index (Phi) is 6.51. The molecular formula is C24H21BrClFN2O2. The van der Waals surface area contributed by atoms with Crippen LogP contribution in [0, 0.1) is 5.82 Å². The van der Waals surface area contributed by atoms with Crippen LogP contribution in [0.4, 0.5) is 4.39 Å². The summed E-state index contributed by atoms with van der Waals surface area (Å²) in [4.78, 5) is 0. The molecule has 31 heavy (non-hydrogen) atoms. The van der Waals surface area contributed by atoms with E-state index in [2.05, 4.69) is 26.6 Å². The van der Waals surface area contributed by atoms with Crippen LogP contribution >= 0.6 is 27.5 Å². The lowest BCUT2D eigenvalue weighted by atomic mass is 9.97. The number of phenolic OH excluding ortho intramolecular Hbond substituents is 1. The summed E-state index contributed by atoms with van der Waals surface area (Å²) in [6.45, 7) is 2.29. The second-order valence-corrected chi connectivity index (χ2v) is 8.40. The summed E-state index contributed by atoms with van der Waals surface area (Å²) in [6.07, 6.45) is 1.34. The van der Waals surface area contributed by atoms with Crippen LogP contribution in [0.3, 0.4) is 0 Å². The van der Waals surface area contributed by atoms with Crippen molar-refractivity contribution in [1.82, 2.24) is 10.6 Å². The fourth-order valence-corrected chi connectivity index (χ4v) is 4.33. The van der Waals surface area contributed by atoms with E-state index in [0.29, 0.717) is 28.5 Å². The summed E-state index contributed by atoms with van der Waals surface area (Å²) in [5.41, 5.74) is 2.64. The average molecular weight is 504 g/mol. The maximum absolute atomic E-state index is 14.7. The molecule has 2 unspecified atom stereocenters. The highest BCUT2D eigenvalue weighted by Gasteiger charge is 2.29. The monoisotopic (exact) mass is 502 g/mol. The molecule has 0 aliphatic carbocycles. The van der Waals surface area contributed by atoms with Gasteiger partial charge in [-0.3, -0.25) is 5.32 Å². The van der Waals surface area contributed by atoms with Crippen LogP contribution < -0.4 is 15.4 Å². The fourth-order valence-electron chi connectivity index (χ4n) is 3.66. The summed E-state index contributed by atoms with van der Waals surface area (Å²) in [5.74, 6) is 0.0317. The van der Waals surface area contributed by atoms with E-state index in [-0.39, 0.29) is 5.75 Å². The van der Waals surface area contributed by atoms with E-state index in [4.69, 9.17) is 16.3 Å². The van der Waals surface area contributed by atoms with Gasteiger partial charge in [-0.05, 0) is 48.9 Å². The molecule has 0 amide bonds. The predicted octanol–water partition coefficient (Wildman–Crippen LogP) is 6.32. The van der Waals surface area contributed by atoms with Crippen LogP contribution in [0.2, 0.25) is 5.02 Å². The number of nitrogens with one attached hydrogen (secondary N) is 2. The largest absolute Gasteiger partial charge is 0.504 e. The second-order valence-electron chi connectivity index (χ2n) is 7.07. The van der Waals surface area contributed by atoms with Crippen LogP contribution in [-0.2, 0) is 0 Å². The van der Waals surface area contributed by atoms with E-state index in [9.17, 15) is 9.50 Å². The van der Waals surface area contributed by atoms with Crippen LogP contribution in [-0.4, -0.2) is 11.7 Å². The molecule has 0 aromatic heterocycles. The van der Waals surface area contributed by atoms with E-state index in [1.165, 1.54) is 6.07 Å². The van der Waals surface area contributed by atoms with E-state index in [1.54, 1.807) is 18.2 Å². The molecule has 3 aromatic carbocycles. The Bertz CT molecular complexity index is 1120. The van der Waals surface area contributed by atoms with Crippen molar-refractivity contribution in [2.45, 2.75) is 19.1 Å². The minimum Gasteiger partial charge on any atom is -0.504 e. The maximum Gasteiger partial charge on any atom is 0.162 e. The summed E-state index contributed by atoms with van der Waals surface area (Å²) >= 11 is 9.86. The zero-order valence-corrected chi connectivity index (χ0v) is 19.0. The highest BCUT2D eigenvalue weighted by atomic mass is 79.9. The molecule has 0 saturated carbocycles. The lowest BCUT2D eigenvalue weighted by Crippen LogP contribution is -2.40. The van der Waals surface area contributed by atoms with Crippen LogP contribution in [0.25, 0.3) is 5.70 Å². The van der Waals surface area contributed by atoms with Crippen molar-refractivity contribution < 1.29 is 14.2 Å². The number of aromatic hydroxyl groups is 1. The Hall–Kier alpha value is -2.54. The molecule has 0 radical (unpaired) electrons. The van der Waals surface area contributed by atoms with Gasteiger partial charge in [-0.2, -0.15) is 0 Å². The highest BCUT2D eigenvalue weighted by Crippen LogP contribution is 2.39. The zero-order chi connectivity index (χ0) is 22.0.